The highest BCUT2D eigenvalue weighted by atomic mass is 19.3. The Bertz CT molecular complexity index is 1590. The van der Waals surface area contributed by atoms with Crippen LogP contribution < -0.4 is 10.2 Å². The minimum Gasteiger partial charge on any atom is -0.322 e. The molecule has 1 N–H and O–H groups in total. The van der Waals surface area contributed by atoms with Gasteiger partial charge in [-0.3, -0.25) is 14.3 Å². The minimum absolute atomic E-state index is 0.0662. The second-order valence-corrected chi connectivity index (χ2v) is 8.87. The van der Waals surface area contributed by atoms with Crippen molar-refractivity contribution >= 4 is 23.2 Å². The van der Waals surface area contributed by atoms with Crippen LogP contribution >= 0.6 is 0 Å². The molecule has 0 fully saturated rings. The molecular weight excluding hydrogens is 492 g/mol. The highest BCUT2D eigenvalue weighted by Gasteiger charge is 2.38. The highest BCUT2D eigenvalue weighted by Crippen LogP contribution is 2.36. The standard InChI is InChI=1S/C27H21F2N7O2/c1-16-15-35-24(22(14-32-35)25(37)34-20-5-3-4-18(12-20)13-30)26(38)36(16)21-8-6-19(7-9-21)27(28,29)23-10-11-31-17(2)33-23/h3-12,14,16H,15H2,1-2H3,(H,34,37)/t16-/m0/s1. The minimum atomic E-state index is -3.35. The Morgan fingerprint density at radius 3 is 2.66 bits per heavy atom. The molecule has 0 spiro atoms. The van der Waals surface area contributed by atoms with Gasteiger partial charge in [0.1, 0.15) is 17.2 Å². The summed E-state index contributed by atoms with van der Waals surface area (Å²) >= 11 is 0. The Balaban J connectivity index is 1.42. The Kier molecular flexibility index (Phi) is 6.16. The number of aromatic nitrogens is 4. The van der Waals surface area contributed by atoms with Gasteiger partial charge in [0, 0.05) is 23.1 Å². The lowest BCUT2D eigenvalue weighted by Gasteiger charge is -2.34. The molecule has 0 saturated heterocycles. The van der Waals surface area contributed by atoms with Crippen molar-refractivity contribution < 1.29 is 18.4 Å². The number of alkyl halides is 2. The number of hydrogen-bond acceptors (Lipinski definition) is 6. The number of carbonyl (C=O) groups excluding carboxylic acids is 2. The average molecular weight is 514 g/mol. The summed E-state index contributed by atoms with van der Waals surface area (Å²) in [7, 11) is 0. The summed E-state index contributed by atoms with van der Waals surface area (Å²) in [5.41, 5.74) is 0.639. The molecule has 3 heterocycles. The van der Waals surface area contributed by atoms with Crippen LogP contribution in [-0.4, -0.2) is 37.6 Å². The second kappa shape index (κ2) is 9.48. The van der Waals surface area contributed by atoms with Crippen molar-refractivity contribution in [1.82, 2.24) is 19.7 Å². The van der Waals surface area contributed by atoms with Gasteiger partial charge in [-0.2, -0.15) is 19.1 Å². The quantitative estimate of drug-likeness (QED) is 0.425. The van der Waals surface area contributed by atoms with Gasteiger partial charge in [-0.15, -0.1) is 0 Å². The molecule has 4 aromatic rings. The van der Waals surface area contributed by atoms with E-state index >= 15 is 8.78 Å². The molecule has 1 aliphatic rings. The van der Waals surface area contributed by atoms with Crippen LogP contribution in [-0.2, 0) is 12.5 Å². The summed E-state index contributed by atoms with van der Waals surface area (Å²) in [6, 6.07) is 14.6. The molecule has 0 unspecified atom stereocenters. The van der Waals surface area contributed by atoms with Crippen molar-refractivity contribution in [2.45, 2.75) is 32.4 Å². The second-order valence-electron chi connectivity index (χ2n) is 8.87. The third kappa shape index (κ3) is 4.37. The van der Waals surface area contributed by atoms with Gasteiger partial charge < -0.3 is 10.2 Å². The van der Waals surface area contributed by atoms with Gasteiger partial charge in [0.15, 0.2) is 0 Å². The van der Waals surface area contributed by atoms with Crippen molar-refractivity contribution in [3.63, 3.8) is 0 Å². The van der Waals surface area contributed by atoms with Crippen molar-refractivity contribution in [2.75, 3.05) is 10.2 Å². The predicted molar refractivity (Wildman–Crippen MR) is 134 cm³/mol. The molecule has 38 heavy (non-hydrogen) atoms. The maximum Gasteiger partial charge on any atom is 0.315 e. The molecule has 5 rings (SSSR count). The van der Waals surface area contributed by atoms with Crippen LogP contribution in [0.25, 0.3) is 0 Å². The molecule has 2 amide bonds. The van der Waals surface area contributed by atoms with Gasteiger partial charge >= 0.3 is 5.92 Å². The molecule has 0 bridgehead atoms. The lowest BCUT2D eigenvalue weighted by molar-refractivity contribution is 0.0376. The van der Waals surface area contributed by atoms with E-state index in [1.165, 1.54) is 65.3 Å². The monoisotopic (exact) mass is 513 g/mol. The van der Waals surface area contributed by atoms with E-state index in [4.69, 9.17) is 5.26 Å². The normalized spacial score (nSPS) is 15.1. The fraction of sp³-hybridized carbons (Fsp3) is 0.185. The van der Waals surface area contributed by atoms with Crippen LogP contribution in [0.3, 0.4) is 0 Å². The number of amides is 2. The molecule has 9 nitrogen and oxygen atoms in total. The molecule has 0 saturated carbocycles. The number of aryl methyl sites for hydroxylation is 1. The number of benzene rings is 2. The summed E-state index contributed by atoms with van der Waals surface area (Å²) < 4.78 is 31.6. The zero-order valence-electron chi connectivity index (χ0n) is 20.4. The molecule has 11 heteroatoms. The lowest BCUT2D eigenvalue weighted by Crippen LogP contribution is -2.47. The molecule has 2 aromatic carbocycles. The van der Waals surface area contributed by atoms with Crippen LogP contribution in [0.1, 0.15) is 50.4 Å². The van der Waals surface area contributed by atoms with E-state index in [1.807, 2.05) is 13.0 Å². The van der Waals surface area contributed by atoms with E-state index in [1.54, 1.807) is 18.2 Å². The zero-order chi connectivity index (χ0) is 27.0. The smallest absolute Gasteiger partial charge is 0.315 e. The van der Waals surface area contributed by atoms with Gasteiger partial charge in [-0.05, 0) is 50.2 Å². The number of nitrogens with zero attached hydrogens (tertiary/aromatic N) is 6. The maximum absolute atomic E-state index is 15.1. The van der Waals surface area contributed by atoms with Gasteiger partial charge in [0.2, 0.25) is 0 Å². The number of fused-ring (bicyclic) bond motifs is 1. The van der Waals surface area contributed by atoms with E-state index in [0.29, 0.717) is 23.5 Å². The first-order valence-corrected chi connectivity index (χ1v) is 11.7. The van der Waals surface area contributed by atoms with Crippen molar-refractivity contribution in [1.29, 1.82) is 5.26 Å². The molecular formula is C27H21F2N7O2. The Morgan fingerprint density at radius 1 is 1.18 bits per heavy atom. The van der Waals surface area contributed by atoms with Crippen LogP contribution in [0.4, 0.5) is 20.2 Å². The van der Waals surface area contributed by atoms with Gasteiger partial charge in [-0.1, -0.05) is 18.2 Å². The van der Waals surface area contributed by atoms with Crippen molar-refractivity contribution in [3.8, 4) is 6.07 Å². The largest absolute Gasteiger partial charge is 0.322 e. The average Bonchev–Trinajstić information content (AvgIpc) is 3.33. The van der Waals surface area contributed by atoms with Crippen molar-refractivity contribution in [3.05, 3.63) is 101 Å². The van der Waals surface area contributed by atoms with E-state index < -0.39 is 23.4 Å². The van der Waals surface area contributed by atoms with Crippen LogP contribution in [0, 0.1) is 18.3 Å². The Hall–Kier alpha value is -4.98. The Morgan fingerprint density at radius 2 is 1.95 bits per heavy atom. The third-order valence-corrected chi connectivity index (χ3v) is 6.24. The van der Waals surface area contributed by atoms with Crippen LogP contribution in [0.15, 0.2) is 67.0 Å². The Labute approximate surface area is 216 Å². The lowest BCUT2D eigenvalue weighted by atomic mass is 10.0. The van der Waals surface area contributed by atoms with Crippen molar-refractivity contribution in [2.24, 2.45) is 0 Å². The number of carbonyl (C=O) groups is 2. The first kappa shape index (κ1) is 24.7. The number of nitrogens with one attached hydrogen (secondary N) is 1. The number of hydrogen-bond donors (Lipinski definition) is 1. The molecule has 190 valence electrons. The van der Waals surface area contributed by atoms with E-state index in [2.05, 4.69) is 20.4 Å². The number of rotatable bonds is 5. The highest BCUT2D eigenvalue weighted by molar-refractivity contribution is 6.15. The molecule has 2 aromatic heterocycles. The summed E-state index contributed by atoms with van der Waals surface area (Å²) in [5.74, 6) is -4.15. The molecule has 1 aliphatic heterocycles. The van der Waals surface area contributed by atoms with E-state index in [-0.39, 0.29) is 28.7 Å². The summed E-state index contributed by atoms with van der Waals surface area (Å²) in [6.07, 6.45) is 2.60. The van der Waals surface area contributed by atoms with Gasteiger partial charge in [-0.25, -0.2) is 9.97 Å². The first-order valence-electron chi connectivity index (χ1n) is 11.7. The molecule has 0 radical (unpaired) electrons. The van der Waals surface area contributed by atoms with Gasteiger partial charge in [0.25, 0.3) is 11.8 Å². The molecule has 0 aliphatic carbocycles. The van der Waals surface area contributed by atoms with E-state index in [9.17, 15) is 9.59 Å². The summed E-state index contributed by atoms with van der Waals surface area (Å²) in [4.78, 5) is 35.8. The predicted octanol–water partition coefficient (Wildman–Crippen LogP) is 4.29. The van der Waals surface area contributed by atoms with Crippen LogP contribution in [0.5, 0.6) is 0 Å². The fourth-order valence-corrected chi connectivity index (χ4v) is 4.41. The zero-order valence-corrected chi connectivity index (χ0v) is 20.4. The van der Waals surface area contributed by atoms with Crippen LogP contribution in [0.2, 0.25) is 0 Å². The third-order valence-electron chi connectivity index (χ3n) is 6.24. The topological polar surface area (TPSA) is 117 Å². The summed E-state index contributed by atoms with van der Waals surface area (Å²) in [6.45, 7) is 3.65. The maximum atomic E-state index is 15.1. The number of anilines is 2. The fourth-order valence-electron chi connectivity index (χ4n) is 4.41. The number of halogens is 2. The first-order chi connectivity index (χ1) is 18.2. The van der Waals surface area contributed by atoms with Gasteiger partial charge in [0.05, 0.1) is 36.0 Å². The summed E-state index contributed by atoms with van der Waals surface area (Å²) in [5, 5.41) is 16.0. The molecule has 1 atom stereocenters. The van der Waals surface area contributed by atoms with E-state index in [0.717, 1.165) is 0 Å². The number of nitriles is 1. The SMILES string of the molecule is Cc1nccc(C(F)(F)c2ccc(N3C(=O)c4c(C(=O)Nc5cccc(C#N)c5)cnn4C[C@@H]3C)cc2)n1.